The highest BCUT2D eigenvalue weighted by Gasteiger charge is 2.31. The summed E-state index contributed by atoms with van der Waals surface area (Å²) in [5, 5.41) is 1.72. The van der Waals surface area contributed by atoms with Gasteiger partial charge in [0.1, 0.15) is 5.25 Å². The fourth-order valence-corrected chi connectivity index (χ4v) is 3.80. The third kappa shape index (κ3) is 5.61. The van der Waals surface area contributed by atoms with E-state index in [-0.39, 0.29) is 25.5 Å². The first kappa shape index (κ1) is 22.0. The second kappa shape index (κ2) is 9.78. The molecule has 0 spiro atoms. The second-order valence-corrected chi connectivity index (χ2v) is 7.61. The minimum Gasteiger partial charge on any atom is -0.468 e. The van der Waals surface area contributed by atoms with E-state index in [2.05, 4.69) is 5.32 Å². The van der Waals surface area contributed by atoms with Crippen molar-refractivity contribution in [2.24, 2.45) is 0 Å². The van der Waals surface area contributed by atoms with Crippen LogP contribution in [0.1, 0.15) is 0 Å². The Morgan fingerprint density at radius 2 is 1.96 bits per heavy atom. The topological polar surface area (TPSA) is 80.2 Å². The molecule has 0 radical (unpaired) electrons. The Morgan fingerprint density at radius 1 is 1.25 bits per heavy atom. The van der Waals surface area contributed by atoms with Gasteiger partial charge in [-0.3, -0.25) is 14.4 Å². The van der Waals surface area contributed by atoms with E-state index in [9.17, 15) is 27.6 Å². The number of carbonyl (C=O) groups is 3. The number of nitrogens with one attached hydrogen (secondary N) is 2. The summed E-state index contributed by atoms with van der Waals surface area (Å²) in [6, 6.07) is 1.63. The van der Waals surface area contributed by atoms with Gasteiger partial charge in [-0.05, 0) is 12.1 Å². The average Bonchev–Trinajstić information content (AvgIpc) is 2.67. The third-order valence-electron chi connectivity index (χ3n) is 4.11. The van der Waals surface area contributed by atoms with Gasteiger partial charge in [-0.25, -0.2) is 13.2 Å². The number of esters is 1. The molecular weight excluding hydrogens is 399 g/mol. The standard InChI is InChI=1S/C17H20F3N3O4S/c1-22(8-13(24)21-11-4-3-10(18)15(19)16(11)20)9-14(25)23-5-6-28-12(7-23)17(26)27-2/h3-4,12H,5-9H2,1-2H3,(H,21,24)/p+1/t12-/m1/s1. The lowest BCUT2D eigenvalue weighted by molar-refractivity contribution is -0.862. The molecule has 1 aromatic carbocycles. The van der Waals surface area contributed by atoms with E-state index >= 15 is 0 Å². The minimum atomic E-state index is -1.67. The molecule has 1 unspecified atom stereocenters. The van der Waals surface area contributed by atoms with Crippen LogP contribution in [0.2, 0.25) is 0 Å². The Hall–Kier alpha value is -2.27. The highest BCUT2D eigenvalue weighted by atomic mass is 32.2. The van der Waals surface area contributed by atoms with Crippen LogP contribution in [0.15, 0.2) is 12.1 Å². The van der Waals surface area contributed by atoms with Gasteiger partial charge in [-0.1, -0.05) is 0 Å². The molecule has 1 aliphatic rings. The first-order chi connectivity index (χ1) is 13.2. The Bertz CT molecular complexity index is 765. The van der Waals surface area contributed by atoms with Crippen LogP contribution in [0.25, 0.3) is 0 Å². The SMILES string of the molecule is COC(=O)[C@H]1CN(C(=O)C[NH+](C)CC(=O)Nc2ccc(F)c(F)c2F)CCS1. The van der Waals surface area contributed by atoms with Crippen molar-refractivity contribution in [3.05, 3.63) is 29.6 Å². The van der Waals surface area contributed by atoms with Gasteiger partial charge in [0.05, 0.1) is 19.8 Å². The molecule has 11 heteroatoms. The summed E-state index contributed by atoms with van der Waals surface area (Å²) < 4.78 is 44.4. The molecule has 28 heavy (non-hydrogen) atoms. The van der Waals surface area contributed by atoms with Crippen molar-refractivity contribution in [3.8, 4) is 0 Å². The molecule has 1 saturated heterocycles. The van der Waals surface area contributed by atoms with E-state index < -0.39 is 40.3 Å². The first-order valence-electron chi connectivity index (χ1n) is 8.44. The fraction of sp³-hybridized carbons (Fsp3) is 0.471. The van der Waals surface area contributed by atoms with Gasteiger partial charge in [-0.15, -0.1) is 11.8 Å². The Morgan fingerprint density at radius 3 is 2.64 bits per heavy atom. The van der Waals surface area contributed by atoms with Gasteiger partial charge in [0.2, 0.25) is 0 Å². The molecule has 0 bridgehead atoms. The zero-order valence-corrected chi connectivity index (χ0v) is 16.2. The van der Waals surface area contributed by atoms with Gasteiger partial charge in [0, 0.05) is 18.8 Å². The predicted molar refractivity (Wildman–Crippen MR) is 96.4 cm³/mol. The van der Waals surface area contributed by atoms with Crippen LogP contribution in [0, 0.1) is 17.5 Å². The van der Waals surface area contributed by atoms with E-state index in [0.717, 1.165) is 6.07 Å². The van der Waals surface area contributed by atoms with Crippen molar-refractivity contribution in [3.63, 3.8) is 0 Å². The maximum atomic E-state index is 13.6. The number of anilines is 1. The minimum absolute atomic E-state index is 0.0216. The number of likely N-dealkylation sites (N-methyl/N-ethyl adjacent to an activating group) is 1. The summed E-state index contributed by atoms with van der Waals surface area (Å²) in [5.41, 5.74) is -0.475. The number of methoxy groups -OCH3 is 1. The van der Waals surface area contributed by atoms with Gasteiger partial charge in [-0.2, -0.15) is 0 Å². The molecule has 2 amide bonds. The van der Waals surface area contributed by atoms with Crippen LogP contribution in [0.3, 0.4) is 0 Å². The smallest absolute Gasteiger partial charge is 0.320 e. The monoisotopic (exact) mass is 420 g/mol. The Labute approximate surface area is 164 Å². The number of thioether (sulfide) groups is 1. The number of quaternary nitrogens is 1. The highest BCUT2D eigenvalue weighted by molar-refractivity contribution is 8.00. The number of hydrogen-bond acceptors (Lipinski definition) is 5. The largest absolute Gasteiger partial charge is 0.468 e. The van der Waals surface area contributed by atoms with Crippen molar-refractivity contribution in [2.45, 2.75) is 5.25 Å². The Kier molecular flexibility index (Phi) is 7.69. The molecular formula is C17H21F3N3O4S+. The molecule has 2 atom stereocenters. The van der Waals surface area contributed by atoms with Crippen LogP contribution < -0.4 is 10.2 Å². The zero-order chi connectivity index (χ0) is 20.8. The summed E-state index contributed by atoms with van der Waals surface area (Å²) in [5.74, 6) is -5.20. The molecule has 1 fully saturated rings. The van der Waals surface area contributed by atoms with E-state index in [1.807, 2.05) is 0 Å². The molecule has 0 saturated carbocycles. The summed E-state index contributed by atoms with van der Waals surface area (Å²) in [4.78, 5) is 38.1. The molecule has 0 aromatic heterocycles. The summed E-state index contributed by atoms with van der Waals surface area (Å²) >= 11 is 1.42. The van der Waals surface area contributed by atoms with Crippen molar-refractivity contribution < 1.29 is 37.2 Å². The number of amides is 2. The average molecular weight is 420 g/mol. The summed E-state index contributed by atoms with van der Waals surface area (Å²) in [7, 11) is 2.88. The number of benzene rings is 1. The summed E-state index contributed by atoms with van der Waals surface area (Å²) in [6.07, 6.45) is 0. The van der Waals surface area contributed by atoms with Gasteiger partial charge < -0.3 is 19.9 Å². The number of ether oxygens (including phenoxy) is 1. The lowest BCUT2D eigenvalue weighted by Crippen LogP contribution is -3.11. The van der Waals surface area contributed by atoms with Gasteiger partial charge in [0.25, 0.3) is 11.8 Å². The van der Waals surface area contributed by atoms with Crippen molar-refractivity contribution in [2.75, 3.05) is 51.4 Å². The maximum absolute atomic E-state index is 13.6. The molecule has 154 valence electrons. The molecule has 0 aliphatic carbocycles. The normalized spacial score (nSPS) is 17.8. The van der Waals surface area contributed by atoms with Crippen molar-refractivity contribution >= 4 is 35.2 Å². The van der Waals surface area contributed by atoms with Crippen LogP contribution >= 0.6 is 11.8 Å². The van der Waals surface area contributed by atoms with Gasteiger partial charge >= 0.3 is 5.97 Å². The number of carbonyl (C=O) groups excluding carboxylic acids is 3. The van der Waals surface area contributed by atoms with Crippen LogP contribution in [0.5, 0.6) is 0 Å². The van der Waals surface area contributed by atoms with E-state index in [1.165, 1.54) is 23.8 Å². The van der Waals surface area contributed by atoms with E-state index in [0.29, 0.717) is 23.3 Å². The van der Waals surface area contributed by atoms with E-state index in [1.54, 1.807) is 7.05 Å². The van der Waals surface area contributed by atoms with Crippen molar-refractivity contribution in [1.29, 1.82) is 0 Å². The zero-order valence-electron chi connectivity index (χ0n) is 15.4. The number of rotatable bonds is 6. The predicted octanol–water partition coefficient (Wildman–Crippen LogP) is -0.326. The molecule has 1 aliphatic heterocycles. The van der Waals surface area contributed by atoms with Crippen LogP contribution in [-0.4, -0.2) is 74.0 Å². The maximum Gasteiger partial charge on any atom is 0.320 e. The lowest BCUT2D eigenvalue weighted by Gasteiger charge is -2.31. The lowest BCUT2D eigenvalue weighted by atomic mass is 10.2. The highest BCUT2D eigenvalue weighted by Crippen LogP contribution is 2.20. The van der Waals surface area contributed by atoms with Gasteiger partial charge in [0.15, 0.2) is 30.5 Å². The number of hydrogen-bond donors (Lipinski definition) is 2. The van der Waals surface area contributed by atoms with Crippen LogP contribution in [-0.2, 0) is 19.1 Å². The fourth-order valence-electron chi connectivity index (χ4n) is 2.67. The van der Waals surface area contributed by atoms with Crippen LogP contribution in [0.4, 0.5) is 18.9 Å². The number of halogens is 3. The number of nitrogens with zero attached hydrogens (tertiary/aromatic N) is 1. The molecule has 1 heterocycles. The first-order valence-corrected chi connectivity index (χ1v) is 9.49. The van der Waals surface area contributed by atoms with Crippen molar-refractivity contribution in [1.82, 2.24) is 4.90 Å². The Balaban J connectivity index is 1.86. The second-order valence-electron chi connectivity index (χ2n) is 6.30. The molecule has 1 aromatic rings. The quantitative estimate of drug-likeness (QED) is 0.487. The molecule has 2 N–H and O–H groups in total. The third-order valence-corrected chi connectivity index (χ3v) is 5.27. The van der Waals surface area contributed by atoms with E-state index in [4.69, 9.17) is 4.74 Å². The summed E-state index contributed by atoms with van der Waals surface area (Å²) in [6.45, 7) is 0.506. The molecule has 7 nitrogen and oxygen atoms in total. The molecule has 2 rings (SSSR count).